The first-order chi connectivity index (χ1) is 6.15. The van der Waals surface area contributed by atoms with Crippen molar-refractivity contribution in [3.8, 4) is 5.75 Å². The summed E-state index contributed by atoms with van der Waals surface area (Å²) in [4.78, 5) is 11.3. The quantitative estimate of drug-likeness (QED) is 0.626. The minimum Gasteiger partial charge on any atom is -0.506 e. The van der Waals surface area contributed by atoms with Crippen LogP contribution in [0, 0.1) is 0 Å². The molecule has 0 spiro atoms. The third kappa shape index (κ3) is 2.61. The lowest BCUT2D eigenvalue weighted by Gasteiger charge is -2.00. The number of halogens is 2. The molecular weight excluding hydrogens is 211 g/mol. The lowest BCUT2D eigenvalue weighted by atomic mass is 10.1. The second-order valence-electron chi connectivity index (χ2n) is 2.53. The van der Waals surface area contributed by atoms with E-state index in [-0.39, 0.29) is 28.9 Å². The number of rotatable bonds is 3. The number of benzene rings is 1. The van der Waals surface area contributed by atoms with E-state index in [1.807, 2.05) is 0 Å². The topological polar surface area (TPSA) is 37.3 Å². The average molecular weight is 219 g/mol. The van der Waals surface area contributed by atoms with Gasteiger partial charge in [-0.05, 0) is 18.2 Å². The number of Topliss-reactive ketones (excluding diaryl/α,β-unsaturated/α-hetero) is 1. The van der Waals surface area contributed by atoms with Crippen molar-refractivity contribution < 1.29 is 9.90 Å². The number of carbonyl (C=O) groups excluding carboxylic acids is 1. The Bertz CT molecular complexity index is 323. The smallest absolute Gasteiger partial charge is 0.164 e. The van der Waals surface area contributed by atoms with Crippen molar-refractivity contribution in [3.63, 3.8) is 0 Å². The Morgan fingerprint density at radius 1 is 1.46 bits per heavy atom. The second kappa shape index (κ2) is 4.49. The molecule has 0 unspecified atom stereocenters. The third-order valence-corrected chi connectivity index (χ3v) is 2.10. The Labute approximate surface area is 86.1 Å². The third-order valence-electron chi connectivity index (χ3n) is 1.59. The molecule has 2 nitrogen and oxygen atoms in total. The van der Waals surface area contributed by atoms with Crippen molar-refractivity contribution in [1.82, 2.24) is 0 Å². The van der Waals surface area contributed by atoms with Gasteiger partial charge in [-0.25, -0.2) is 0 Å². The maximum absolute atomic E-state index is 11.3. The van der Waals surface area contributed by atoms with Crippen LogP contribution in [0.4, 0.5) is 0 Å². The zero-order chi connectivity index (χ0) is 9.84. The van der Waals surface area contributed by atoms with E-state index in [9.17, 15) is 9.90 Å². The Kier molecular flexibility index (Phi) is 3.58. The summed E-state index contributed by atoms with van der Waals surface area (Å²) in [6.07, 6.45) is 0.266. The fourth-order valence-electron chi connectivity index (χ4n) is 0.916. The largest absolute Gasteiger partial charge is 0.506 e. The first-order valence-electron chi connectivity index (χ1n) is 3.73. The highest BCUT2D eigenvalue weighted by Gasteiger charge is 2.07. The van der Waals surface area contributed by atoms with Gasteiger partial charge in [0.05, 0.1) is 5.02 Å². The molecule has 0 aliphatic rings. The fraction of sp³-hybridized carbons (Fsp3) is 0.222. The molecule has 1 aromatic carbocycles. The van der Waals surface area contributed by atoms with Gasteiger partial charge in [-0.15, -0.1) is 11.6 Å². The number of phenolic OH excluding ortho intramolecular Hbond substituents is 1. The molecule has 0 atom stereocenters. The zero-order valence-electron chi connectivity index (χ0n) is 6.76. The molecule has 0 bridgehead atoms. The predicted octanol–water partition coefficient (Wildman–Crippen LogP) is 2.86. The maximum Gasteiger partial charge on any atom is 0.164 e. The summed E-state index contributed by atoms with van der Waals surface area (Å²) in [5.41, 5.74) is 0.433. The van der Waals surface area contributed by atoms with Gasteiger partial charge in [0, 0.05) is 17.9 Å². The normalized spacial score (nSPS) is 10.0. The number of alkyl halides is 1. The summed E-state index contributed by atoms with van der Waals surface area (Å²) in [7, 11) is 0. The maximum atomic E-state index is 11.3. The first-order valence-corrected chi connectivity index (χ1v) is 4.64. The Balaban J connectivity index is 2.90. The number of carbonyl (C=O) groups is 1. The van der Waals surface area contributed by atoms with Gasteiger partial charge in [-0.2, -0.15) is 0 Å². The van der Waals surface area contributed by atoms with Crippen molar-refractivity contribution in [1.29, 1.82) is 0 Å². The Morgan fingerprint density at radius 2 is 2.15 bits per heavy atom. The number of hydrogen-bond acceptors (Lipinski definition) is 2. The van der Waals surface area contributed by atoms with Gasteiger partial charge in [0.2, 0.25) is 0 Å². The molecule has 1 rings (SSSR count). The standard InChI is InChI=1S/C9H8Cl2O2/c10-4-3-8(12)6-1-2-7(11)9(13)5-6/h1-2,5,13H,3-4H2. The zero-order valence-corrected chi connectivity index (χ0v) is 8.27. The minimum atomic E-state index is -0.0954. The summed E-state index contributed by atoms with van der Waals surface area (Å²) in [5, 5.41) is 9.44. The van der Waals surface area contributed by atoms with Crippen molar-refractivity contribution in [2.24, 2.45) is 0 Å². The summed E-state index contributed by atoms with van der Waals surface area (Å²) >= 11 is 11.0. The fourth-order valence-corrected chi connectivity index (χ4v) is 1.21. The molecule has 0 saturated carbocycles. The van der Waals surface area contributed by atoms with E-state index in [1.165, 1.54) is 12.1 Å². The minimum absolute atomic E-state index is 0.0814. The van der Waals surface area contributed by atoms with E-state index < -0.39 is 0 Å². The van der Waals surface area contributed by atoms with Crippen molar-refractivity contribution >= 4 is 29.0 Å². The Morgan fingerprint density at radius 3 is 2.69 bits per heavy atom. The van der Waals surface area contributed by atoms with Gasteiger partial charge in [0.1, 0.15) is 5.75 Å². The van der Waals surface area contributed by atoms with Crippen LogP contribution in [0.3, 0.4) is 0 Å². The van der Waals surface area contributed by atoms with E-state index in [0.717, 1.165) is 0 Å². The summed E-state index contributed by atoms with van der Waals surface area (Å²) in [6, 6.07) is 4.40. The van der Waals surface area contributed by atoms with Gasteiger partial charge in [0.25, 0.3) is 0 Å². The van der Waals surface area contributed by atoms with Crippen molar-refractivity contribution in [3.05, 3.63) is 28.8 Å². The van der Waals surface area contributed by atoms with Gasteiger partial charge in [-0.1, -0.05) is 11.6 Å². The highest BCUT2D eigenvalue weighted by Crippen LogP contribution is 2.24. The molecule has 4 heteroatoms. The molecule has 0 amide bonds. The van der Waals surface area contributed by atoms with Gasteiger partial charge in [-0.3, -0.25) is 4.79 Å². The highest BCUT2D eigenvalue weighted by atomic mass is 35.5. The van der Waals surface area contributed by atoms with Gasteiger partial charge >= 0.3 is 0 Å². The van der Waals surface area contributed by atoms with Crippen LogP contribution in [-0.2, 0) is 0 Å². The van der Waals surface area contributed by atoms with Crippen LogP contribution < -0.4 is 0 Å². The molecule has 0 aliphatic heterocycles. The summed E-state index contributed by atoms with van der Waals surface area (Å²) in [5.74, 6) is 0.103. The number of aromatic hydroxyl groups is 1. The number of hydrogen-bond donors (Lipinski definition) is 1. The van der Waals surface area contributed by atoms with Gasteiger partial charge < -0.3 is 5.11 Å². The molecule has 0 aliphatic carbocycles. The average Bonchev–Trinajstić information content (AvgIpc) is 2.10. The lowest BCUT2D eigenvalue weighted by molar-refractivity contribution is 0.0989. The molecule has 0 aromatic heterocycles. The molecule has 0 heterocycles. The van der Waals surface area contributed by atoms with E-state index in [1.54, 1.807) is 6.07 Å². The second-order valence-corrected chi connectivity index (χ2v) is 3.31. The van der Waals surface area contributed by atoms with E-state index in [2.05, 4.69) is 0 Å². The first kappa shape index (κ1) is 10.4. The number of phenols is 1. The van der Waals surface area contributed by atoms with Crippen LogP contribution in [0.25, 0.3) is 0 Å². The molecule has 1 aromatic rings. The highest BCUT2D eigenvalue weighted by molar-refractivity contribution is 6.32. The molecule has 0 radical (unpaired) electrons. The molecular formula is C9H8Cl2O2. The summed E-state index contributed by atoms with van der Waals surface area (Å²) in [6.45, 7) is 0. The number of ketones is 1. The van der Waals surface area contributed by atoms with E-state index in [0.29, 0.717) is 5.56 Å². The SMILES string of the molecule is O=C(CCCl)c1ccc(Cl)c(O)c1. The molecule has 13 heavy (non-hydrogen) atoms. The van der Waals surface area contributed by atoms with Crippen molar-refractivity contribution in [2.75, 3.05) is 5.88 Å². The van der Waals surface area contributed by atoms with Crippen molar-refractivity contribution in [2.45, 2.75) is 6.42 Å². The van der Waals surface area contributed by atoms with Crippen LogP contribution in [0.15, 0.2) is 18.2 Å². The lowest BCUT2D eigenvalue weighted by Crippen LogP contribution is -1.98. The van der Waals surface area contributed by atoms with Gasteiger partial charge in [0.15, 0.2) is 5.78 Å². The van der Waals surface area contributed by atoms with Crippen LogP contribution in [0.1, 0.15) is 16.8 Å². The monoisotopic (exact) mass is 218 g/mol. The van der Waals surface area contributed by atoms with Crippen LogP contribution in [0.2, 0.25) is 5.02 Å². The van der Waals surface area contributed by atoms with Crippen LogP contribution in [-0.4, -0.2) is 16.8 Å². The van der Waals surface area contributed by atoms with E-state index in [4.69, 9.17) is 23.2 Å². The summed E-state index contributed by atoms with van der Waals surface area (Å²) < 4.78 is 0. The van der Waals surface area contributed by atoms with Crippen LogP contribution in [0.5, 0.6) is 5.75 Å². The van der Waals surface area contributed by atoms with E-state index >= 15 is 0 Å². The molecule has 0 fully saturated rings. The Hall–Kier alpha value is -0.730. The molecule has 0 saturated heterocycles. The van der Waals surface area contributed by atoms with Crippen LogP contribution >= 0.6 is 23.2 Å². The molecule has 1 N–H and O–H groups in total. The predicted molar refractivity (Wildman–Crippen MR) is 52.8 cm³/mol. The molecule has 70 valence electrons.